The minimum absolute atomic E-state index is 0.0509. The number of benzene rings is 3. The van der Waals surface area contributed by atoms with Crippen LogP contribution in [0.15, 0.2) is 72.8 Å². The highest BCUT2D eigenvalue weighted by Gasteiger charge is 2.22. The molecule has 0 aromatic heterocycles. The van der Waals surface area contributed by atoms with E-state index in [9.17, 15) is 24.6 Å². The molecule has 0 saturated carbocycles. The van der Waals surface area contributed by atoms with Crippen LogP contribution in [0.25, 0.3) is 0 Å². The zero-order chi connectivity index (χ0) is 34.3. The number of nitrogens with zero attached hydrogens (tertiary/aromatic N) is 5. The van der Waals surface area contributed by atoms with E-state index in [4.69, 9.17) is 20.3 Å². The number of anilines is 1. The van der Waals surface area contributed by atoms with Gasteiger partial charge in [-0.05, 0) is 88.9 Å². The highest BCUT2D eigenvalue weighted by atomic mass is 19.1. The number of rotatable bonds is 6. The summed E-state index contributed by atoms with van der Waals surface area (Å²) in [5.74, 6) is 1.15. The van der Waals surface area contributed by atoms with E-state index >= 15 is 0 Å². The summed E-state index contributed by atoms with van der Waals surface area (Å²) in [6.07, 6.45) is 3.56. The van der Waals surface area contributed by atoms with Gasteiger partial charge in [-0.15, -0.1) is 0 Å². The van der Waals surface area contributed by atoms with Gasteiger partial charge in [-0.25, -0.2) is 4.39 Å². The highest BCUT2D eigenvalue weighted by Crippen LogP contribution is 2.21. The summed E-state index contributed by atoms with van der Waals surface area (Å²) in [4.78, 5) is 26.1. The number of aliphatic hydroxyl groups excluding tert-OH is 1. The minimum atomic E-state index is -0.570. The number of likely N-dealkylation sites (tertiary alicyclic amines) is 3. The second kappa shape index (κ2) is 18.7. The van der Waals surface area contributed by atoms with Crippen LogP contribution in [0.1, 0.15) is 19.3 Å². The average Bonchev–Trinajstić information content (AvgIpc) is 3.76. The molecule has 3 aromatic carbocycles. The van der Waals surface area contributed by atoms with Crippen LogP contribution in [0.3, 0.4) is 0 Å². The number of likely N-dealkylation sites (N-methyl/N-ethyl adjacent to an activating group) is 3. The summed E-state index contributed by atoms with van der Waals surface area (Å²) in [6, 6.07) is 18.2. The van der Waals surface area contributed by atoms with Gasteiger partial charge in [0.25, 0.3) is 11.4 Å². The molecule has 3 unspecified atom stereocenters. The first-order valence-corrected chi connectivity index (χ1v) is 15.4. The van der Waals surface area contributed by atoms with Gasteiger partial charge in [0.05, 0.1) is 16.0 Å². The third kappa shape index (κ3) is 13.9. The SMILES string of the molecule is CN1CCC(O)C1.CN1CCC(Oc2ccc(N)cc2)C1.CN1CCC(Oc2ccc([N+](=O)[O-])cc2)C1.O=[N+]([O-])c1ccc(F)cc1. The summed E-state index contributed by atoms with van der Waals surface area (Å²) in [5, 5.41) is 29.3. The first-order chi connectivity index (χ1) is 22.4. The Morgan fingerprint density at radius 1 is 0.681 bits per heavy atom. The number of ether oxygens (including phenoxy) is 2. The molecule has 256 valence electrons. The van der Waals surface area contributed by atoms with Gasteiger partial charge < -0.3 is 35.0 Å². The molecule has 3 aromatic rings. The summed E-state index contributed by atoms with van der Waals surface area (Å²) < 4.78 is 23.6. The lowest BCUT2D eigenvalue weighted by molar-refractivity contribution is -0.385. The molecule has 3 aliphatic rings. The third-order valence-corrected chi connectivity index (χ3v) is 7.63. The zero-order valence-corrected chi connectivity index (χ0v) is 27.1. The van der Waals surface area contributed by atoms with Gasteiger partial charge >= 0.3 is 0 Å². The number of aliphatic hydroxyl groups is 1. The molecule has 3 heterocycles. The van der Waals surface area contributed by atoms with Crippen molar-refractivity contribution >= 4 is 17.1 Å². The standard InChI is InChI=1S/C11H14N2O3.C11H16N2O.C6H4FNO2.C5H11NO/c1-12-7-6-11(8-12)16-10-4-2-9(3-5-10)13(14)15;1-13-7-6-11(8-13)14-10-4-2-9(12)3-5-10;7-5-1-3-6(4-2-5)8(9)10;1-6-3-2-5(7)4-6/h2-5,11H,6-8H2,1H3;2-5,11H,6-8,12H2,1H3;1-4H;5,7H,2-4H2,1H3. The number of nitrogen functional groups attached to an aromatic ring is 1. The van der Waals surface area contributed by atoms with Gasteiger partial charge in [-0.2, -0.15) is 0 Å². The Morgan fingerprint density at radius 2 is 1.06 bits per heavy atom. The van der Waals surface area contributed by atoms with Crippen LogP contribution < -0.4 is 15.2 Å². The van der Waals surface area contributed by atoms with Gasteiger partial charge in [-0.1, -0.05) is 0 Å². The van der Waals surface area contributed by atoms with Crippen molar-refractivity contribution in [2.75, 3.05) is 66.1 Å². The number of nitrogens with two attached hydrogens (primary N) is 1. The summed E-state index contributed by atoms with van der Waals surface area (Å²) >= 11 is 0. The molecule has 3 fully saturated rings. The molecule has 13 nitrogen and oxygen atoms in total. The maximum Gasteiger partial charge on any atom is 0.269 e. The van der Waals surface area contributed by atoms with E-state index in [0.717, 1.165) is 94.2 Å². The number of hydrogen-bond donors (Lipinski definition) is 2. The minimum Gasteiger partial charge on any atom is -0.489 e. The molecule has 3 saturated heterocycles. The average molecular weight is 657 g/mol. The first-order valence-electron chi connectivity index (χ1n) is 15.4. The fourth-order valence-corrected chi connectivity index (χ4v) is 5.03. The van der Waals surface area contributed by atoms with Crippen LogP contribution in [0.5, 0.6) is 11.5 Å². The Kier molecular flexibility index (Phi) is 14.8. The van der Waals surface area contributed by atoms with Crippen LogP contribution in [0.4, 0.5) is 21.5 Å². The Morgan fingerprint density at radius 3 is 1.38 bits per heavy atom. The van der Waals surface area contributed by atoms with Gasteiger partial charge in [-0.3, -0.25) is 20.2 Å². The third-order valence-electron chi connectivity index (χ3n) is 7.63. The number of non-ortho nitro benzene ring substituents is 2. The number of nitro benzene ring substituents is 2. The van der Waals surface area contributed by atoms with E-state index in [0.29, 0.717) is 11.9 Å². The number of halogens is 1. The Balaban J connectivity index is 0.000000177. The van der Waals surface area contributed by atoms with Crippen molar-refractivity contribution in [3.05, 3.63) is 98.8 Å². The maximum atomic E-state index is 12.1. The molecule has 14 heteroatoms. The van der Waals surface area contributed by atoms with Gasteiger partial charge in [0.2, 0.25) is 0 Å². The highest BCUT2D eigenvalue weighted by molar-refractivity contribution is 5.41. The number of nitro groups is 2. The lowest BCUT2D eigenvalue weighted by Crippen LogP contribution is -2.21. The van der Waals surface area contributed by atoms with E-state index < -0.39 is 15.7 Å². The van der Waals surface area contributed by atoms with Crippen molar-refractivity contribution in [3.8, 4) is 11.5 Å². The van der Waals surface area contributed by atoms with Crippen molar-refractivity contribution < 1.29 is 28.8 Å². The Hall–Kier alpha value is -4.37. The normalized spacial score (nSPS) is 20.9. The van der Waals surface area contributed by atoms with Gasteiger partial charge in [0.15, 0.2) is 0 Å². The molecule has 0 bridgehead atoms. The van der Waals surface area contributed by atoms with Crippen molar-refractivity contribution in [1.29, 1.82) is 0 Å². The van der Waals surface area contributed by atoms with Crippen LogP contribution in [-0.2, 0) is 0 Å². The number of hydrogen-bond acceptors (Lipinski definition) is 11. The molecule has 3 atom stereocenters. The summed E-state index contributed by atoms with van der Waals surface area (Å²) in [6.45, 7) is 6.01. The number of β-amino-alcohol motifs (C(OH)–C–C–N with tert-alkyl or cyclic N) is 1. The molecule has 0 amide bonds. The largest absolute Gasteiger partial charge is 0.489 e. The Bertz CT molecular complexity index is 1370. The van der Waals surface area contributed by atoms with E-state index in [-0.39, 0.29) is 23.6 Å². The molecule has 47 heavy (non-hydrogen) atoms. The predicted octanol–water partition coefficient (Wildman–Crippen LogP) is 4.45. The zero-order valence-electron chi connectivity index (χ0n) is 27.1. The molecular formula is C33H45FN6O7. The fraction of sp³-hybridized carbons (Fsp3) is 0.455. The fourth-order valence-electron chi connectivity index (χ4n) is 5.03. The van der Waals surface area contributed by atoms with Crippen molar-refractivity contribution in [1.82, 2.24) is 14.7 Å². The topological polar surface area (TPSA) is 161 Å². The summed E-state index contributed by atoms with van der Waals surface area (Å²) in [7, 11) is 6.20. The lowest BCUT2D eigenvalue weighted by atomic mass is 10.3. The van der Waals surface area contributed by atoms with Crippen LogP contribution in [-0.4, -0.2) is 108 Å². The van der Waals surface area contributed by atoms with Crippen LogP contribution in [0, 0.1) is 26.0 Å². The second-order valence-corrected chi connectivity index (χ2v) is 11.8. The van der Waals surface area contributed by atoms with E-state index in [1.807, 2.05) is 31.3 Å². The van der Waals surface area contributed by atoms with Gasteiger partial charge in [0.1, 0.15) is 29.5 Å². The van der Waals surface area contributed by atoms with Crippen molar-refractivity contribution in [2.45, 2.75) is 37.6 Å². The van der Waals surface area contributed by atoms with Crippen LogP contribution >= 0.6 is 0 Å². The molecule has 0 aliphatic carbocycles. The van der Waals surface area contributed by atoms with Crippen molar-refractivity contribution in [3.63, 3.8) is 0 Å². The smallest absolute Gasteiger partial charge is 0.269 e. The van der Waals surface area contributed by atoms with Crippen molar-refractivity contribution in [2.24, 2.45) is 0 Å². The summed E-state index contributed by atoms with van der Waals surface area (Å²) in [5.41, 5.74) is 6.37. The first kappa shape index (κ1) is 37.1. The maximum absolute atomic E-state index is 12.1. The molecule has 0 spiro atoms. The van der Waals surface area contributed by atoms with Gasteiger partial charge in [0, 0.05) is 69.2 Å². The molecule has 6 rings (SSSR count). The Labute approximate surface area is 274 Å². The molecule has 3 aliphatic heterocycles. The quantitative estimate of drug-likeness (QED) is 0.219. The molecule has 3 N–H and O–H groups in total. The lowest BCUT2D eigenvalue weighted by Gasteiger charge is -2.13. The monoisotopic (exact) mass is 656 g/mol. The second-order valence-electron chi connectivity index (χ2n) is 11.8. The molecular weight excluding hydrogens is 611 g/mol. The van der Waals surface area contributed by atoms with E-state index in [1.54, 1.807) is 12.1 Å². The predicted molar refractivity (Wildman–Crippen MR) is 178 cm³/mol. The van der Waals surface area contributed by atoms with E-state index in [1.165, 1.54) is 12.1 Å². The van der Waals surface area contributed by atoms with E-state index in [2.05, 4.69) is 28.8 Å². The van der Waals surface area contributed by atoms with Crippen LogP contribution in [0.2, 0.25) is 0 Å². The molecule has 0 radical (unpaired) electrons.